The zero-order chi connectivity index (χ0) is 13.6. The average molecular weight is 274 g/mol. The Kier molecular flexibility index (Phi) is 5.84. The predicted molar refractivity (Wildman–Crippen MR) is 70.8 cm³/mol. The smallest absolute Gasteiger partial charge is 0.273 e. The van der Waals surface area contributed by atoms with Crippen LogP contribution in [0.4, 0.5) is 0 Å². The first kappa shape index (κ1) is 15.2. The Morgan fingerprint density at radius 3 is 2.72 bits per heavy atom. The number of furan rings is 1. The molecule has 0 aliphatic heterocycles. The van der Waals surface area contributed by atoms with E-state index in [1.165, 1.54) is 26.0 Å². The number of hydrogen-bond donors (Lipinski definition) is 2. The molecule has 0 bridgehead atoms. The summed E-state index contributed by atoms with van der Waals surface area (Å²) in [7, 11) is -2.11. The highest BCUT2D eigenvalue weighted by molar-refractivity contribution is 7.89. The molecule has 0 aromatic carbocycles. The maximum absolute atomic E-state index is 11.5. The Hall–Kier alpha value is -0.850. The van der Waals surface area contributed by atoms with E-state index in [1.807, 2.05) is 0 Å². The topological polar surface area (TPSA) is 71.3 Å². The van der Waals surface area contributed by atoms with E-state index < -0.39 is 10.0 Å². The largest absolute Gasteiger partial charge is 0.447 e. The molecule has 0 aliphatic carbocycles. The summed E-state index contributed by atoms with van der Waals surface area (Å²) in [6.45, 7) is 4.82. The van der Waals surface area contributed by atoms with Gasteiger partial charge in [-0.2, -0.15) is 0 Å². The van der Waals surface area contributed by atoms with Crippen LogP contribution >= 0.6 is 0 Å². The lowest BCUT2D eigenvalue weighted by molar-refractivity contribution is 0.385. The van der Waals surface area contributed by atoms with Gasteiger partial charge in [0.25, 0.3) is 10.0 Å². The van der Waals surface area contributed by atoms with Crippen molar-refractivity contribution in [3.8, 4) is 0 Å². The van der Waals surface area contributed by atoms with Crippen molar-refractivity contribution in [3.63, 3.8) is 0 Å². The van der Waals surface area contributed by atoms with Crippen LogP contribution in [0.5, 0.6) is 0 Å². The maximum atomic E-state index is 11.5. The Morgan fingerprint density at radius 1 is 1.39 bits per heavy atom. The van der Waals surface area contributed by atoms with E-state index in [2.05, 4.69) is 23.9 Å². The molecule has 1 unspecified atom stereocenters. The molecule has 104 valence electrons. The second-order valence-corrected chi connectivity index (χ2v) is 6.17. The third-order valence-electron chi connectivity index (χ3n) is 2.79. The van der Waals surface area contributed by atoms with Crippen LogP contribution in [0.1, 0.15) is 38.9 Å². The van der Waals surface area contributed by atoms with Gasteiger partial charge in [-0.15, -0.1) is 0 Å². The van der Waals surface area contributed by atoms with Crippen LogP contribution in [0.15, 0.2) is 21.6 Å². The van der Waals surface area contributed by atoms with Crippen LogP contribution in [0.2, 0.25) is 0 Å². The van der Waals surface area contributed by atoms with E-state index in [4.69, 9.17) is 4.42 Å². The fourth-order valence-corrected chi connectivity index (χ4v) is 2.25. The first-order chi connectivity index (χ1) is 8.49. The van der Waals surface area contributed by atoms with Crippen LogP contribution in [0.25, 0.3) is 0 Å². The maximum Gasteiger partial charge on any atom is 0.273 e. The monoisotopic (exact) mass is 274 g/mol. The highest BCUT2D eigenvalue weighted by Gasteiger charge is 2.16. The SMILES string of the molecule is CCCCC(C)NCc1ccc(S(=O)(=O)NC)o1. The molecule has 1 rings (SSSR count). The molecule has 0 radical (unpaired) electrons. The minimum Gasteiger partial charge on any atom is -0.447 e. The van der Waals surface area contributed by atoms with Crippen molar-refractivity contribution in [1.82, 2.24) is 10.0 Å². The lowest BCUT2D eigenvalue weighted by Gasteiger charge is -2.11. The van der Waals surface area contributed by atoms with Crippen LogP contribution < -0.4 is 10.0 Å². The average Bonchev–Trinajstić information content (AvgIpc) is 2.83. The second-order valence-electron chi connectivity index (χ2n) is 4.35. The van der Waals surface area contributed by atoms with Crippen molar-refractivity contribution in [3.05, 3.63) is 17.9 Å². The Balaban J connectivity index is 2.50. The van der Waals surface area contributed by atoms with E-state index in [-0.39, 0.29) is 5.09 Å². The summed E-state index contributed by atoms with van der Waals surface area (Å²) in [6, 6.07) is 3.56. The van der Waals surface area contributed by atoms with Gasteiger partial charge in [-0.05, 0) is 32.5 Å². The predicted octanol–water partition coefficient (Wildman–Crippen LogP) is 1.86. The molecule has 0 spiro atoms. The number of hydrogen-bond acceptors (Lipinski definition) is 4. The minimum absolute atomic E-state index is 0.0389. The van der Waals surface area contributed by atoms with E-state index in [9.17, 15) is 8.42 Å². The first-order valence-corrected chi connectivity index (χ1v) is 7.73. The van der Waals surface area contributed by atoms with Gasteiger partial charge >= 0.3 is 0 Å². The van der Waals surface area contributed by atoms with Gasteiger partial charge in [-0.25, -0.2) is 13.1 Å². The molecule has 6 heteroatoms. The summed E-state index contributed by atoms with van der Waals surface area (Å²) >= 11 is 0. The molecule has 0 fully saturated rings. The summed E-state index contributed by atoms with van der Waals surface area (Å²) in [6.07, 6.45) is 3.47. The first-order valence-electron chi connectivity index (χ1n) is 6.25. The summed E-state index contributed by atoms with van der Waals surface area (Å²) in [5.74, 6) is 0.632. The van der Waals surface area contributed by atoms with E-state index >= 15 is 0 Å². The quantitative estimate of drug-likeness (QED) is 0.759. The van der Waals surface area contributed by atoms with Crippen molar-refractivity contribution in [1.29, 1.82) is 0 Å². The normalized spacial score (nSPS) is 13.7. The molecule has 0 amide bonds. The summed E-state index contributed by atoms with van der Waals surface area (Å²) < 4.78 is 30.4. The fraction of sp³-hybridized carbons (Fsp3) is 0.667. The third kappa shape index (κ3) is 4.44. The molecular weight excluding hydrogens is 252 g/mol. The van der Waals surface area contributed by atoms with Crippen molar-refractivity contribution in [2.24, 2.45) is 0 Å². The van der Waals surface area contributed by atoms with Crippen molar-refractivity contribution in [2.75, 3.05) is 7.05 Å². The van der Waals surface area contributed by atoms with Gasteiger partial charge in [-0.1, -0.05) is 19.8 Å². The van der Waals surface area contributed by atoms with Gasteiger partial charge < -0.3 is 9.73 Å². The van der Waals surface area contributed by atoms with Crippen molar-refractivity contribution < 1.29 is 12.8 Å². The Morgan fingerprint density at radius 2 is 2.11 bits per heavy atom. The van der Waals surface area contributed by atoms with Crippen molar-refractivity contribution >= 4 is 10.0 Å². The summed E-state index contributed by atoms with van der Waals surface area (Å²) in [5.41, 5.74) is 0. The van der Waals surface area contributed by atoms with Crippen molar-refractivity contribution in [2.45, 2.75) is 50.8 Å². The highest BCUT2D eigenvalue weighted by atomic mass is 32.2. The van der Waals surface area contributed by atoms with Gasteiger partial charge in [-0.3, -0.25) is 0 Å². The molecule has 0 aliphatic rings. The molecule has 0 saturated heterocycles. The van der Waals surface area contributed by atoms with Crippen LogP contribution in [0, 0.1) is 0 Å². The molecule has 18 heavy (non-hydrogen) atoms. The highest BCUT2D eigenvalue weighted by Crippen LogP contribution is 2.13. The molecule has 0 saturated carbocycles. The zero-order valence-electron chi connectivity index (χ0n) is 11.2. The molecule has 1 aromatic heterocycles. The Labute approximate surface area is 109 Å². The number of rotatable bonds is 8. The molecular formula is C12H22N2O3S. The second kappa shape index (κ2) is 6.92. The number of unbranched alkanes of at least 4 members (excludes halogenated alkanes) is 1. The number of sulfonamides is 1. The molecule has 1 atom stereocenters. The molecule has 1 aromatic rings. The van der Waals surface area contributed by atoms with E-state index in [0.717, 1.165) is 6.42 Å². The molecule has 5 nitrogen and oxygen atoms in total. The minimum atomic E-state index is -3.47. The molecule has 1 heterocycles. The van der Waals surface area contributed by atoms with Gasteiger partial charge in [0.05, 0.1) is 6.54 Å². The van der Waals surface area contributed by atoms with E-state index in [1.54, 1.807) is 6.07 Å². The zero-order valence-corrected chi connectivity index (χ0v) is 12.0. The molecule has 2 N–H and O–H groups in total. The van der Waals surface area contributed by atoms with E-state index in [0.29, 0.717) is 18.3 Å². The van der Waals surface area contributed by atoms with Gasteiger partial charge in [0.15, 0.2) is 0 Å². The van der Waals surface area contributed by atoms with Crippen LogP contribution in [0.3, 0.4) is 0 Å². The van der Waals surface area contributed by atoms with Crippen LogP contribution in [-0.4, -0.2) is 21.5 Å². The lowest BCUT2D eigenvalue weighted by atomic mass is 10.1. The van der Waals surface area contributed by atoms with Crippen LogP contribution in [-0.2, 0) is 16.6 Å². The van der Waals surface area contributed by atoms with Gasteiger partial charge in [0.1, 0.15) is 5.76 Å². The number of nitrogens with one attached hydrogen (secondary N) is 2. The van der Waals surface area contributed by atoms with Gasteiger partial charge in [0.2, 0.25) is 5.09 Å². The Bertz CT molecular complexity index is 454. The third-order valence-corrected chi connectivity index (χ3v) is 4.07. The lowest BCUT2D eigenvalue weighted by Crippen LogP contribution is -2.25. The standard InChI is InChI=1S/C12H22N2O3S/c1-4-5-6-10(2)14-9-11-7-8-12(17-11)18(15,16)13-3/h7-8,10,13-14H,4-6,9H2,1-3H3. The fourth-order valence-electron chi connectivity index (χ4n) is 1.59. The van der Waals surface area contributed by atoms with Gasteiger partial charge in [0, 0.05) is 6.04 Å². The summed E-state index contributed by atoms with van der Waals surface area (Å²) in [5, 5.41) is 3.27. The summed E-state index contributed by atoms with van der Waals surface area (Å²) in [4.78, 5) is 0.